The van der Waals surface area contributed by atoms with Gasteiger partial charge in [0.25, 0.3) is 0 Å². The largest absolute Gasteiger partial charge is 0.392 e. The summed E-state index contributed by atoms with van der Waals surface area (Å²) >= 11 is 0. The van der Waals surface area contributed by atoms with E-state index in [2.05, 4.69) is 13.8 Å². The Morgan fingerprint density at radius 1 is 1.46 bits per heavy atom. The lowest BCUT2D eigenvalue weighted by Crippen LogP contribution is -2.34. The predicted octanol–water partition coefficient (Wildman–Crippen LogP) is 1.77. The molecule has 0 aromatic heterocycles. The molecule has 0 radical (unpaired) electrons. The molecule has 0 heterocycles. The summed E-state index contributed by atoms with van der Waals surface area (Å²) in [4.78, 5) is 0. The van der Waals surface area contributed by atoms with Gasteiger partial charge in [0.1, 0.15) is 0 Å². The van der Waals surface area contributed by atoms with E-state index in [-0.39, 0.29) is 6.10 Å². The molecule has 0 aromatic rings. The normalized spacial score (nSPS) is 33.2. The van der Waals surface area contributed by atoms with Crippen molar-refractivity contribution in [2.45, 2.75) is 45.6 Å². The summed E-state index contributed by atoms with van der Waals surface area (Å²) < 4.78 is 0. The number of aliphatic hydroxyl groups is 1. The summed E-state index contributed by atoms with van der Waals surface area (Å²) in [5.41, 5.74) is 5.64. The molecule has 0 aromatic carbocycles. The maximum absolute atomic E-state index is 10.1. The minimum atomic E-state index is -0.160. The zero-order chi connectivity index (χ0) is 9.84. The summed E-state index contributed by atoms with van der Waals surface area (Å²) in [5, 5.41) is 10.1. The smallest absolute Gasteiger partial charge is 0.0611 e. The van der Waals surface area contributed by atoms with Gasteiger partial charge in [0.15, 0.2) is 0 Å². The Morgan fingerprint density at radius 2 is 2.15 bits per heavy atom. The van der Waals surface area contributed by atoms with E-state index >= 15 is 0 Å². The molecule has 1 rings (SSSR count). The van der Waals surface area contributed by atoms with Gasteiger partial charge in [-0.3, -0.25) is 0 Å². The Balaban J connectivity index is 2.49. The van der Waals surface area contributed by atoms with Crippen molar-refractivity contribution in [3.8, 4) is 0 Å². The van der Waals surface area contributed by atoms with E-state index in [4.69, 9.17) is 5.73 Å². The molecule has 4 unspecified atom stereocenters. The third-order valence-electron chi connectivity index (χ3n) is 3.68. The molecular formula is C11H23NO. The van der Waals surface area contributed by atoms with Crippen molar-refractivity contribution in [3.63, 3.8) is 0 Å². The highest BCUT2D eigenvalue weighted by molar-refractivity contribution is 4.84. The molecule has 1 saturated carbocycles. The molecule has 1 aliphatic carbocycles. The zero-order valence-electron chi connectivity index (χ0n) is 8.87. The van der Waals surface area contributed by atoms with Gasteiger partial charge in [-0.15, -0.1) is 0 Å². The van der Waals surface area contributed by atoms with Crippen molar-refractivity contribution >= 4 is 0 Å². The molecule has 2 heteroatoms. The number of aliphatic hydroxyl groups excluding tert-OH is 1. The van der Waals surface area contributed by atoms with Crippen molar-refractivity contribution in [2.24, 2.45) is 23.5 Å². The lowest BCUT2D eigenvalue weighted by Gasteiger charge is -2.28. The van der Waals surface area contributed by atoms with Crippen LogP contribution < -0.4 is 5.73 Å². The first-order valence-corrected chi connectivity index (χ1v) is 5.58. The van der Waals surface area contributed by atoms with Crippen LogP contribution in [0.3, 0.4) is 0 Å². The molecule has 0 amide bonds. The van der Waals surface area contributed by atoms with Gasteiger partial charge in [-0.2, -0.15) is 0 Å². The van der Waals surface area contributed by atoms with Crippen molar-refractivity contribution in [1.29, 1.82) is 0 Å². The van der Waals surface area contributed by atoms with Crippen LogP contribution >= 0.6 is 0 Å². The summed E-state index contributed by atoms with van der Waals surface area (Å²) in [6, 6.07) is 0. The maximum Gasteiger partial charge on any atom is 0.0611 e. The SMILES string of the molecule is CCC(CN)C(O)C1CCCC1C. The van der Waals surface area contributed by atoms with Crippen LogP contribution in [-0.4, -0.2) is 17.8 Å². The molecule has 0 aliphatic heterocycles. The Hall–Kier alpha value is -0.0800. The lowest BCUT2D eigenvalue weighted by atomic mass is 9.83. The number of hydrogen-bond acceptors (Lipinski definition) is 2. The quantitative estimate of drug-likeness (QED) is 0.701. The monoisotopic (exact) mass is 185 g/mol. The minimum absolute atomic E-state index is 0.160. The average Bonchev–Trinajstić information content (AvgIpc) is 2.53. The summed E-state index contributed by atoms with van der Waals surface area (Å²) in [6.45, 7) is 4.99. The number of hydrogen-bond donors (Lipinski definition) is 2. The Kier molecular flexibility index (Phi) is 4.20. The Labute approximate surface area is 81.5 Å². The standard InChI is InChI=1S/C11H23NO/c1-3-9(7-12)11(13)10-6-4-5-8(10)2/h8-11,13H,3-7,12H2,1-2H3. The van der Waals surface area contributed by atoms with E-state index < -0.39 is 0 Å². The Morgan fingerprint density at radius 3 is 2.54 bits per heavy atom. The molecule has 78 valence electrons. The van der Waals surface area contributed by atoms with Gasteiger partial charge in [0.2, 0.25) is 0 Å². The van der Waals surface area contributed by atoms with Crippen LogP contribution in [0.1, 0.15) is 39.5 Å². The van der Waals surface area contributed by atoms with Crippen LogP contribution in [0.25, 0.3) is 0 Å². The number of rotatable bonds is 4. The van der Waals surface area contributed by atoms with Gasteiger partial charge in [-0.05, 0) is 37.1 Å². The fourth-order valence-corrected chi connectivity index (χ4v) is 2.58. The molecule has 13 heavy (non-hydrogen) atoms. The number of nitrogens with two attached hydrogens (primary N) is 1. The summed E-state index contributed by atoms with van der Waals surface area (Å²) in [7, 11) is 0. The second kappa shape index (κ2) is 4.97. The minimum Gasteiger partial charge on any atom is -0.392 e. The summed E-state index contributed by atoms with van der Waals surface area (Å²) in [5.74, 6) is 1.51. The lowest BCUT2D eigenvalue weighted by molar-refractivity contribution is 0.0379. The van der Waals surface area contributed by atoms with Crippen molar-refractivity contribution < 1.29 is 5.11 Å². The van der Waals surface area contributed by atoms with Gasteiger partial charge < -0.3 is 10.8 Å². The topological polar surface area (TPSA) is 46.2 Å². The highest BCUT2D eigenvalue weighted by atomic mass is 16.3. The van der Waals surface area contributed by atoms with Gasteiger partial charge in [0.05, 0.1) is 6.10 Å². The molecule has 4 atom stereocenters. The molecule has 0 bridgehead atoms. The van der Waals surface area contributed by atoms with Crippen molar-refractivity contribution in [2.75, 3.05) is 6.54 Å². The third-order valence-corrected chi connectivity index (χ3v) is 3.68. The van der Waals surface area contributed by atoms with Gasteiger partial charge in [-0.25, -0.2) is 0 Å². The molecule has 1 fully saturated rings. The van der Waals surface area contributed by atoms with E-state index in [1.807, 2.05) is 0 Å². The second-order valence-corrected chi connectivity index (χ2v) is 4.47. The van der Waals surface area contributed by atoms with Crippen LogP contribution in [0, 0.1) is 17.8 Å². The molecule has 0 saturated heterocycles. The van der Waals surface area contributed by atoms with Crippen LogP contribution in [0.2, 0.25) is 0 Å². The molecule has 3 N–H and O–H groups in total. The first-order chi connectivity index (χ1) is 6.20. The molecular weight excluding hydrogens is 162 g/mol. The molecule has 1 aliphatic rings. The fourth-order valence-electron chi connectivity index (χ4n) is 2.58. The fraction of sp³-hybridized carbons (Fsp3) is 1.00. The predicted molar refractivity (Wildman–Crippen MR) is 55.3 cm³/mol. The van der Waals surface area contributed by atoms with E-state index in [9.17, 15) is 5.11 Å². The van der Waals surface area contributed by atoms with E-state index in [0.717, 1.165) is 6.42 Å². The van der Waals surface area contributed by atoms with E-state index in [0.29, 0.717) is 24.3 Å². The molecule has 2 nitrogen and oxygen atoms in total. The first kappa shape index (κ1) is 11.0. The average molecular weight is 185 g/mol. The zero-order valence-corrected chi connectivity index (χ0v) is 8.87. The third kappa shape index (κ3) is 2.44. The van der Waals surface area contributed by atoms with Crippen molar-refractivity contribution in [3.05, 3.63) is 0 Å². The van der Waals surface area contributed by atoms with Gasteiger partial charge in [-0.1, -0.05) is 26.7 Å². The van der Waals surface area contributed by atoms with Crippen LogP contribution in [-0.2, 0) is 0 Å². The van der Waals surface area contributed by atoms with Crippen LogP contribution in [0.4, 0.5) is 0 Å². The second-order valence-electron chi connectivity index (χ2n) is 4.47. The van der Waals surface area contributed by atoms with Crippen molar-refractivity contribution in [1.82, 2.24) is 0 Å². The summed E-state index contributed by atoms with van der Waals surface area (Å²) in [6.07, 6.45) is 4.60. The van der Waals surface area contributed by atoms with Crippen LogP contribution in [0.15, 0.2) is 0 Å². The van der Waals surface area contributed by atoms with Crippen LogP contribution in [0.5, 0.6) is 0 Å². The van der Waals surface area contributed by atoms with E-state index in [1.165, 1.54) is 19.3 Å². The van der Waals surface area contributed by atoms with Gasteiger partial charge >= 0.3 is 0 Å². The highest BCUT2D eigenvalue weighted by Gasteiger charge is 2.32. The molecule has 0 spiro atoms. The Bertz CT molecular complexity index is 145. The van der Waals surface area contributed by atoms with E-state index in [1.54, 1.807) is 0 Å². The highest BCUT2D eigenvalue weighted by Crippen LogP contribution is 2.36. The van der Waals surface area contributed by atoms with Gasteiger partial charge in [0, 0.05) is 0 Å². The first-order valence-electron chi connectivity index (χ1n) is 5.58. The maximum atomic E-state index is 10.1.